The van der Waals surface area contributed by atoms with Gasteiger partial charge in [-0.05, 0) is 31.2 Å². The summed E-state index contributed by atoms with van der Waals surface area (Å²) in [5, 5.41) is 14.7. The molecule has 3 heterocycles. The number of aromatic carboxylic acids is 1. The number of hydrogen-bond acceptors (Lipinski definition) is 3. The van der Waals surface area contributed by atoms with Crippen molar-refractivity contribution >= 4 is 28.2 Å². The molecule has 0 atom stereocenters. The summed E-state index contributed by atoms with van der Waals surface area (Å²) in [6.45, 7) is 1.93. The van der Waals surface area contributed by atoms with Crippen molar-refractivity contribution in [3.8, 4) is 17.1 Å². The summed E-state index contributed by atoms with van der Waals surface area (Å²) in [5.74, 6) is -0.0466. The number of rotatable bonds is 3. The minimum atomic E-state index is -0.902. The van der Waals surface area contributed by atoms with Crippen LogP contribution in [0.25, 0.3) is 28.0 Å². The van der Waals surface area contributed by atoms with Crippen LogP contribution in [0.4, 0.5) is 0 Å². The van der Waals surface area contributed by atoms with E-state index in [-0.39, 0.29) is 0 Å². The summed E-state index contributed by atoms with van der Waals surface area (Å²) >= 11 is 1.28. The van der Waals surface area contributed by atoms with Crippen LogP contribution < -0.4 is 0 Å². The van der Waals surface area contributed by atoms with Crippen LogP contribution in [0, 0.1) is 6.92 Å². The van der Waals surface area contributed by atoms with Gasteiger partial charge in [-0.15, -0.1) is 11.3 Å². The minimum Gasteiger partial charge on any atom is -0.477 e. The van der Waals surface area contributed by atoms with Crippen LogP contribution in [0.3, 0.4) is 0 Å². The predicted molar refractivity (Wildman–Crippen MR) is 90.4 cm³/mol. The lowest BCUT2D eigenvalue weighted by Gasteiger charge is -2.04. The number of fused-ring (bicyclic) bond motifs is 1. The standard InChI is InChI=1S/C17H13N3O2S/c1-10-12(9-15(23-10)17(21)22)14-6-7-18-20(14)16-8-11-4-2-3-5-13(11)19-16/h2-9,19H,1H3,(H,21,22). The quantitative estimate of drug-likeness (QED) is 0.596. The number of aromatic nitrogens is 3. The molecular formula is C17H13N3O2S. The average Bonchev–Trinajstić information content (AvgIpc) is 3.23. The molecule has 114 valence electrons. The van der Waals surface area contributed by atoms with Gasteiger partial charge >= 0.3 is 5.97 Å². The second kappa shape index (κ2) is 5.10. The summed E-state index contributed by atoms with van der Waals surface area (Å²) in [5.41, 5.74) is 2.80. The van der Waals surface area contributed by atoms with Gasteiger partial charge in [0.1, 0.15) is 10.7 Å². The van der Waals surface area contributed by atoms with Gasteiger partial charge < -0.3 is 10.1 Å². The molecule has 0 saturated heterocycles. The lowest BCUT2D eigenvalue weighted by molar-refractivity contribution is 0.0702. The van der Waals surface area contributed by atoms with E-state index < -0.39 is 5.97 Å². The topological polar surface area (TPSA) is 70.9 Å². The van der Waals surface area contributed by atoms with Crippen LogP contribution >= 0.6 is 11.3 Å². The monoisotopic (exact) mass is 323 g/mol. The fraction of sp³-hybridized carbons (Fsp3) is 0.0588. The number of carbonyl (C=O) groups is 1. The van der Waals surface area contributed by atoms with E-state index in [1.807, 2.05) is 43.3 Å². The third-order valence-electron chi connectivity index (χ3n) is 3.79. The molecular weight excluding hydrogens is 310 g/mol. The Morgan fingerprint density at radius 2 is 2.09 bits per heavy atom. The third kappa shape index (κ3) is 2.24. The SMILES string of the molecule is Cc1sc(C(=O)O)cc1-c1ccnn1-c1cc2ccccc2[nH]1. The first-order chi connectivity index (χ1) is 11.1. The molecule has 0 amide bonds. The van der Waals surface area contributed by atoms with E-state index in [1.165, 1.54) is 11.3 Å². The number of hydrogen-bond donors (Lipinski definition) is 2. The number of para-hydroxylation sites is 1. The first kappa shape index (κ1) is 13.8. The van der Waals surface area contributed by atoms with Crippen molar-refractivity contribution in [1.29, 1.82) is 0 Å². The minimum absolute atomic E-state index is 0.335. The maximum Gasteiger partial charge on any atom is 0.345 e. The van der Waals surface area contributed by atoms with Crippen LogP contribution in [-0.2, 0) is 0 Å². The molecule has 4 aromatic rings. The number of H-pyrrole nitrogens is 1. The maximum absolute atomic E-state index is 11.2. The van der Waals surface area contributed by atoms with E-state index in [4.69, 9.17) is 0 Å². The Bertz CT molecular complexity index is 993. The molecule has 0 aliphatic heterocycles. The number of aryl methyl sites for hydroxylation is 1. The highest BCUT2D eigenvalue weighted by Gasteiger charge is 2.17. The molecule has 23 heavy (non-hydrogen) atoms. The highest BCUT2D eigenvalue weighted by Crippen LogP contribution is 2.32. The molecule has 0 saturated carbocycles. The van der Waals surface area contributed by atoms with Gasteiger partial charge in [-0.25, -0.2) is 9.48 Å². The Labute approximate surface area is 135 Å². The van der Waals surface area contributed by atoms with Crippen LogP contribution in [0.5, 0.6) is 0 Å². The Kier molecular flexibility index (Phi) is 3.06. The van der Waals surface area contributed by atoms with Crippen molar-refractivity contribution in [3.05, 3.63) is 58.4 Å². The number of aromatic amines is 1. The van der Waals surface area contributed by atoms with E-state index in [0.29, 0.717) is 4.88 Å². The van der Waals surface area contributed by atoms with Crippen LogP contribution in [-0.4, -0.2) is 25.8 Å². The first-order valence-electron chi connectivity index (χ1n) is 7.10. The molecule has 6 heteroatoms. The lowest BCUT2D eigenvalue weighted by atomic mass is 10.2. The Morgan fingerprint density at radius 1 is 1.26 bits per heavy atom. The summed E-state index contributed by atoms with van der Waals surface area (Å²) in [4.78, 5) is 15.8. The van der Waals surface area contributed by atoms with Crippen LogP contribution in [0.2, 0.25) is 0 Å². The molecule has 5 nitrogen and oxygen atoms in total. The van der Waals surface area contributed by atoms with E-state index in [2.05, 4.69) is 10.1 Å². The highest BCUT2D eigenvalue weighted by molar-refractivity contribution is 7.14. The van der Waals surface area contributed by atoms with Crippen molar-refractivity contribution in [3.63, 3.8) is 0 Å². The molecule has 0 fully saturated rings. The van der Waals surface area contributed by atoms with Gasteiger partial charge in [0.25, 0.3) is 0 Å². The number of nitrogens with one attached hydrogen (secondary N) is 1. The molecule has 1 aromatic carbocycles. The zero-order valence-electron chi connectivity index (χ0n) is 12.3. The Morgan fingerprint density at radius 3 is 2.83 bits per heavy atom. The van der Waals surface area contributed by atoms with E-state index >= 15 is 0 Å². The average molecular weight is 323 g/mol. The number of nitrogens with zero attached hydrogens (tertiary/aromatic N) is 2. The summed E-state index contributed by atoms with van der Waals surface area (Å²) in [6, 6.07) is 13.7. The molecule has 0 spiro atoms. The van der Waals surface area contributed by atoms with Gasteiger partial charge in [-0.1, -0.05) is 18.2 Å². The second-order valence-electron chi connectivity index (χ2n) is 5.26. The Hall–Kier alpha value is -2.86. The molecule has 0 unspecified atom stereocenters. The lowest BCUT2D eigenvalue weighted by Crippen LogP contribution is -1.99. The number of carboxylic acids is 1. The molecule has 0 aliphatic carbocycles. The fourth-order valence-corrected chi connectivity index (χ4v) is 3.58. The summed E-state index contributed by atoms with van der Waals surface area (Å²) in [6.07, 6.45) is 1.72. The van der Waals surface area contributed by atoms with Crippen molar-refractivity contribution < 1.29 is 9.90 Å². The summed E-state index contributed by atoms with van der Waals surface area (Å²) in [7, 11) is 0. The normalized spacial score (nSPS) is 11.2. The number of benzene rings is 1. The zero-order valence-corrected chi connectivity index (χ0v) is 13.1. The fourth-order valence-electron chi connectivity index (χ4n) is 2.71. The smallest absolute Gasteiger partial charge is 0.345 e. The number of thiophene rings is 1. The van der Waals surface area contributed by atoms with Gasteiger partial charge in [-0.2, -0.15) is 5.10 Å². The summed E-state index contributed by atoms with van der Waals surface area (Å²) < 4.78 is 1.81. The van der Waals surface area contributed by atoms with E-state index in [1.54, 1.807) is 16.9 Å². The molecule has 0 aliphatic rings. The first-order valence-corrected chi connectivity index (χ1v) is 7.91. The predicted octanol–water partition coefficient (Wildman–Crippen LogP) is 4.09. The van der Waals surface area contributed by atoms with Gasteiger partial charge in [0.05, 0.1) is 11.9 Å². The Balaban J connectivity index is 1.87. The maximum atomic E-state index is 11.2. The molecule has 4 rings (SSSR count). The molecule has 0 radical (unpaired) electrons. The molecule has 3 aromatic heterocycles. The van der Waals surface area contributed by atoms with Gasteiger partial charge in [0.2, 0.25) is 0 Å². The number of carboxylic acid groups (broad SMARTS) is 1. The second-order valence-corrected chi connectivity index (χ2v) is 6.51. The highest BCUT2D eigenvalue weighted by atomic mass is 32.1. The third-order valence-corrected chi connectivity index (χ3v) is 4.83. The zero-order chi connectivity index (χ0) is 16.0. The van der Waals surface area contributed by atoms with Crippen molar-refractivity contribution in [1.82, 2.24) is 14.8 Å². The van der Waals surface area contributed by atoms with E-state index in [0.717, 1.165) is 32.9 Å². The molecule has 2 N–H and O–H groups in total. The van der Waals surface area contributed by atoms with Gasteiger partial charge in [0.15, 0.2) is 0 Å². The van der Waals surface area contributed by atoms with Crippen molar-refractivity contribution in [2.75, 3.05) is 0 Å². The van der Waals surface area contributed by atoms with E-state index in [9.17, 15) is 9.90 Å². The van der Waals surface area contributed by atoms with Crippen molar-refractivity contribution in [2.45, 2.75) is 6.92 Å². The van der Waals surface area contributed by atoms with Gasteiger partial charge in [-0.3, -0.25) is 0 Å². The van der Waals surface area contributed by atoms with Crippen molar-refractivity contribution in [2.24, 2.45) is 0 Å². The van der Waals surface area contributed by atoms with Crippen LogP contribution in [0.15, 0.2) is 48.7 Å². The van der Waals surface area contributed by atoms with Crippen LogP contribution in [0.1, 0.15) is 14.5 Å². The largest absolute Gasteiger partial charge is 0.477 e. The molecule has 0 bridgehead atoms. The van der Waals surface area contributed by atoms with Gasteiger partial charge in [0, 0.05) is 21.3 Å².